The van der Waals surface area contributed by atoms with Gasteiger partial charge in [-0.25, -0.2) is 0 Å². The lowest BCUT2D eigenvalue weighted by atomic mass is 10.1. The minimum Gasteiger partial charge on any atom is -0.481 e. The second-order valence-electron chi connectivity index (χ2n) is 4.96. The average Bonchev–Trinajstić information content (AvgIpc) is 3.07. The van der Waals surface area contributed by atoms with E-state index in [0.717, 1.165) is 6.42 Å². The van der Waals surface area contributed by atoms with E-state index in [-0.39, 0.29) is 11.8 Å². The number of aliphatic carboxylic acids is 1. The molecule has 1 aliphatic carbocycles. The summed E-state index contributed by atoms with van der Waals surface area (Å²) in [7, 11) is 0. The Kier molecular flexibility index (Phi) is 5.41. The molecule has 4 N–H and O–H groups in total. The van der Waals surface area contributed by atoms with Crippen LogP contribution < -0.4 is 11.1 Å². The van der Waals surface area contributed by atoms with Gasteiger partial charge in [-0.2, -0.15) is 0 Å². The lowest BCUT2D eigenvalue weighted by Gasteiger charge is -2.12. The number of nitrogens with two attached hydrogens (primary N) is 1. The van der Waals surface area contributed by atoms with Gasteiger partial charge in [0.15, 0.2) is 0 Å². The maximum Gasteiger partial charge on any atom is 0.306 e. The molecule has 0 aromatic carbocycles. The van der Waals surface area contributed by atoms with Crippen molar-refractivity contribution in [3.63, 3.8) is 0 Å². The van der Waals surface area contributed by atoms with Gasteiger partial charge in [0.1, 0.15) is 0 Å². The molecule has 0 aromatic rings. The van der Waals surface area contributed by atoms with Crippen LogP contribution in [0.3, 0.4) is 0 Å². The van der Waals surface area contributed by atoms with Crippen molar-refractivity contribution in [2.75, 3.05) is 6.54 Å². The van der Waals surface area contributed by atoms with E-state index in [9.17, 15) is 9.59 Å². The van der Waals surface area contributed by atoms with Gasteiger partial charge in [-0.05, 0) is 25.2 Å². The van der Waals surface area contributed by atoms with E-state index in [0.29, 0.717) is 25.3 Å². The molecule has 2 atom stereocenters. The summed E-state index contributed by atoms with van der Waals surface area (Å²) in [6.07, 6.45) is 4.41. The van der Waals surface area contributed by atoms with Crippen LogP contribution in [-0.4, -0.2) is 29.6 Å². The standard InChI is InChI=1S/C12H22N2O3/c1-8(12(16)17)3-2-6-14-11(15)10(13)7-9-4-5-9/h8-10H,2-7,13H2,1H3,(H,14,15)(H,16,17). The Balaban J connectivity index is 2.04. The van der Waals surface area contributed by atoms with Crippen LogP contribution in [0.4, 0.5) is 0 Å². The molecular formula is C12H22N2O3. The van der Waals surface area contributed by atoms with E-state index >= 15 is 0 Å². The average molecular weight is 242 g/mol. The van der Waals surface area contributed by atoms with Crippen LogP contribution in [-0.2, 0) is 9.59 Å². The molecule has 17 heavy (non-hydrogen) atoms. The zero-order chi connectivity index (χ0) is 12.8. The molecule has 0 saturated heterocycles. The summed E-state index contributed by atoms with van der Waals surface area (Å²) in [5.41, 5.74) is 5.74. The second kappa shape index (κ2) is 6.59. The molecule has 98 valence electrons. The molecule has 1 rings (SSSR count). The number of carboxylic acids is 1. The maximum absolute atomic E-state index is 11.5. The minimum atomic E-state index is -0.790. The first-order chi connectivity index (χ1) is 8.00. The van der Waals surface area contributed by atoms with Crippen molar-refractivity contribution in [2.45, 2.75) is 45.1 Å². The quantitative estimate of drug-likeness (QED) is 0.547. The number of carboxylic acid groups (broad SMARTS) is 1. The first-order valence-electron chi connectivity index (χ1n) is 6.26. The van der Waals surface area contributed by atoms with Crippen LogP contribution in [0.5, 0.6) is 0 Å². The van der Waals surface area contributed by atoms with Crippen molar-refractivity contribution in [2.24, 2.45) is 17.6 Å². The Morgan fingerprint density at radius 1 is 1.47 bits per heavy atom. The van der Waals surface area contributed by atoms with Crippen LogP contribution in [0.25, 0.3) is 0 Å². The van der Waals surface area contributed by atoms with Crippen LogP contribution in [0.15, 0.2) is 0 Å². The van der Waals surface area contributed by atoms with Crippen molar-refractivity contribution in [1.29, 1.82) is 0 Å². The number of carbonyl (C=O) groups excluding carboxylic acids is 1. The number of carbonyl (C=O) groups is 2. The molecule has 1 saturated carbocycles. The zero-order valence-corrected chi connectivity index (χ0v) is 10.3. The SMILES string of the molecule is CC(CCCNC(=O)C(N)CC1CC1)C(=O)O. The van der Waals surface area contributed by atoms with E-state index in [4.69, 9.17) is 10.8 Å². The van der Waals surface area contributed by atoms with Crippen molar-refractivity contribution in [1.82, 2.24) is 5.32 Å². The summed E-state index contributed by atoms with van der Waals surface area (Å²) < 4.78 is 0. The van der Waals surface area contributed by atoms with Gasteiger partial charge in [0.2, 0.25) is 5.91 Å². The number of nitrogens with one attached hydrogen (secondary N) is 1. The highest BCUT2D eigenvalue weighted by molar-refractivity contribution is 5.81. The monoisotopic (exact) mass is 242 g/mol. The summed E-state index contributed by atoms with van der Waals surface area (Å²) >= 11 is 0. The van der Waals surface area contributed by atoms with Gasteiger partial charge in [0.25, 0.3) is 0 Å². The summed E-state index contributed by atoms with van der Waals surface area (Å²) in [6.45, 7) is 2.18. The van der Waals surface area contributed by atoms with Crippen molar-refractivity contribution in [3.8, 4) is 0 Å². The van der Waals surface area contributed by atoms with E-state index in [1.165, 1.54) is 12.8 Å². The van der Waals surface area contributed by atoms with Crippen LogP contribution in [0.1, 0.15) is 39.0 Å². The van der Waals surface area contributed by atoms with E-state index in [1.54, 1.807) is 6.92 Å². The van der Waals surface area contributed by atoms with Crippen molar-refractivity contribution >= 4 is 11.9 Å². The lowest BCUT2D eigenvalue weighted by molar-refractivity contribution is -0.141. The van der Waals surface area contributed by atoms with Gasteiger partial charge in [-0.3, -0.25) is 9.59 Å². The molecule has 0 spiro atoms. The topological polar surface area (TPSA) is 92.4 Å². The van der Waals surface area contributed by atoms with Crippen molar-refractivity contribution in [3.05, 3.63) is 0 Å². The highest BCUT2D eigenvalue weighted by atomic mass is 16.4. The molecule has 5 heteroatoms. The Hall–Kier alpha value is -1.10. The third-order valence-electron chi connectivity index (χ3n) is 3.16. The first kappa shape index (κ1) is 14.0. The summed E-state index contributed by atoms with van der Waals surface area (Å²) in [5.74, 6) is -0.614. The first-order valence-corrected chi connectivity index (χ1v) is 6.26. The van der Waals surface area contributed by atoms with Gasteiger partial charge in [0, 0.05) is 6.54 Å². The van der Waals surface area contributed by atoms with Crippen LogP contribution in [0, 0.1) is 11.8 Å². The minimum absolute atomic E-state index is 0.111. The number of amides is 1. The normalized spacial score (nSPS) is 18.5. The Labute approximate surface area is 102 Å². The number of rotatable bonds is 8. The zero-order valence-electron chi connectivity index (χ0n) is 10.3. The molecular weight excluding hydrogens is 220 g/mol. The van der Waals surface area contributed by atoms with Gasteiger partial charge >= 0.3 is 5.97 Å². The van der Waals surface area contributed by atoms with Gasteiger partial charge in [-0.15, -0.1) is 0 Å². The van der Waals surface area contributed by atoms with E-state index < -0.39 is 12.0 Å². The number of hydrogen-bond donors (Lipinski definition) is 3. The highest BCUT2D eigenvalue weighted by Gasteiger charge is 2.26. The fourth-order valence-electron chi connectivity index (χ4n) is 1.69. The van der Waals surface area contributed by atoms with Gasteiger partial charge in [0.05, 0.1) is 12.0 Å². The molecule has 1 amide bonds. The Morgan fingerprint density at radius 2 is 2.12 bits per heavy atom. The molecule has 2 unspecified atom stereocenters. The fraction of sp³-hybridized carbons (Fsp3) is 0.833. The largest absolute Gasteiger partial charge is 0.481 e. The molecule has 1 aliphatic rings. The fourth-order valence-corrected chi connectivity index (χ4v) is 1.69. The van der Waals surface area contributed by atoms with E-state index in [2.05, 4.69) is 5.32 Å². The lowest BCUT2D eigenvalue weighted by Crippen LogP contribution is -2.41. The summed E-state index contributed by atoms with van der Waals surface area (Å²) in [5, 5.41) is 11.4. The van der Waals surface area contributed by atoms with Crippen LogP contribution in [0.2, 0.25) is 0 Å². The third kappa shape index (κ3) is 5.68. The smallest absolute Gasteiger partial charge is 0.306 e. The molecule has 1 fully saturated rings. The Bertz CT molecular complexity index is 277. The van der Waals surface area contributed by atoms with E-state index in [1.807, 2.05) is 0 Å². The van der Waals surface area contributed by atoms with Gasteiger partial charge < -0.3 is 16.2 Å². The number of hydrogen-bond acceptors (Lipinski definition) is 3. The highest BCUT2D eigenvalue weighted by Crippen LogP contribution is 2.33. The molecule has 5 nitrogen and oxygen atoms in total. The van der Waals surface area contributed by atoms with Crippen molar-refractivity contribution < 1.29 is 14.7 Å². The summed E-state index contributed by atoms with van der Waals surface area (Å²) in [6, 6.07) is -0.403. The Morgan fingerprint density at radius 3 is 2.65 bits per heavy atom. The second-order valence-corrected chi connectivity index (χ2v) is 4.96. The predicted octanol–water partition coefficient (Wildman–Crippen LogP) is 0.731. The van der Waals surface area contributed by atoms with Crippen LogP contribution >= 0.6 is 0 Å². The molecule has 0 aliphatic heterocycles. The molecule has 0 radical (unpaired) electrons. The molecule has 0 aromatic heterocycles. The summed E-state index contributed by atoms with van der Waals surface area (Å²) in [4.78, 5) is 22.1. The maximum atomic E-state index is 11.5. The predicted molar refractivity (Wildman–Crippen MR) is 64.4 cm³/mol. The van der Waals surface area contributed by atoms with Gasteiger partial charge in [-0.1, -0.05) is 19.8 Å². The molecule has 0 heterocycles. The molecule has 0 bridgehead atoms. The third-order valence-corrected chi connectivity index (χ3v) is 3.16.